The molecule has 11 heteroatoms. The quantitative estimate of drug-likeness (QED) is 0.613. The molecule has 0 fully saturated rings. The Balaban J connectivity index is 1.85. The average molecular weight is 451 g/mol. The molecule has 162 valence electrons. The first-order valence-electron chi connectivity index (χ1n) is 9.19. The molecule has 4 rings (SSSR count). The number of carboxylic acids is 1. The van der Waals surface area contributed by atoms with Crippen LogP contribution in [-0.2, 0) is 29.0 Å². The van der Waals surface area contributed by atoms with Gasteiger partial charge in [0, 0.05) is 12.4 Å². The number of fused-ring (bicyclic) bond motifs is 1. The maximum absolute atomic E-state index is 13.3. The molecule has 0 radical (unpaired) electrons. The topological polar surface area (TPSA) is 101 Å². The zero-order valence-corrected chi connectivity index (χ0v) is 16.7. The number of carboxylic acid groups (broad SMARTS) is 1. The molecule has 1 aromatic heterocycles. The van der Waals surface area contributed by atoms with Crippen LogP contribution in [0.4, 0.5) is 18.9 Å². The van der Waals surface area contributed by atoms with E-state index in [9.17, 15) is 31.5 Å². The Morgan fingerprint density at radius 2 is 1.94 bits per heavy atom. The number of nitrogens with one attached hydrogen (secondary N) is 1. The summed E-state index contributed by atoms with van der Waals surface area (Å²) in [5, 5.41) is 13.3. The minimum Gasteiger partial charge on any atom is -0.478 e. The van der Waals surface area contributed by atoms with E-state index in [-0.39, 0.29) is 21.8 Å². The maximum atomic E-state index is 13.3. The van der Waals surface area contributed by atoms with E-state index in [1.54, 1.807) is 6.07 Å². The van der Waals surface area contributed by atoms with Crippen molar-refractivity contribution >= 4 is 21.7 Å². The van der Waals surface area contributed by atoms with E-state index in [1.807, 2.05) is 0 Å². The Bertz CT molecular complexity index is 1270. The van der Waals surface area contributed by atoms with Gasteiger partial charge in [-0.1, -0.05) is 0 Å². The molecule has 0 unspecified atom stereocenters. The van der Waals surface area contributed by atoms with Crippen molar-refractivity contribution in [3.8, 4) is 5.69 Å². The summed E-state index contributed by atoms with van der Waals surface area (Å²) in [5.74, 6) is -1.29. The molecule has 1 aliphatic carbocycles. The van der Waals surface area contributed by atoms with Crippen LogP contribution in [0.15, 0.2) is 53.7 Å². The van der Waals surface area contributed by atoms with Crippen molar-refractivity contribution in [2.45, 2.75) is 30.3 Å². The molecule has 0 saturated carbocycles. The number of rotatable bonds is 5. The van der Waals surface area contributed by atoms with Gasteiger partial charge in [-0.15, -0.1) is 0 Å². The van der Waals surface area contributed by atoms with Crippen molar-refractivity contribution in [1.82, 2.24) is 9.78 Å². The Morgan fingerprint density at radius 1 is 1.16 bits per heavy atom. The van der Waals surface area contributed by atoms with Crippen LogP contribution in [0.1, 0.15) is 33.5 Å². The first-order chi connectivity index (χ1) is 14.6. The van der Waals surface area contributed by atoms with Crippen molar-refractivity contribution in [1.29, 1.82) is 0 Å². The van der Waals surface area contributed by atoms with Crippen LogP contribution in [0.5, 0.6) is 0 Å². The minimum absolute atomic E-state index is 0.0904. The summed E-state index contributed by atoms with van der Waals surface area (Å²) in [6, 6.07) is 6.65. The number of aromatic carboxylic acids is 1. The third kappa shape index (κ3) is 4.00. The molecule has 2 aromatic carbocycles. The van der Waals surface area contributed by atoms with Crippen LogP contribution in [0.2, 0.25) is 0 Å². The smallest absolute Gasteiger partial charge is 0.416 e. The summed E-state index contributed by atoms with van der Waals surface area (Å²) in [5.41, 5.74) is -0.386. The fourth-order valence-electron chi connectivity index (χ4n) is 3.63. The van der Waals surface area contributed by atoms with Gasteiger partial charge in [0.15, 0.2) is 0 Å². The van der Waals surface area contributed by atoms with Gasteiger partial charge < -0.3 is 5.11 Å². The largest absolute Gasteiger partial charge is 0.478 e. The molecule has 31 heavy (non-hydrogen) atoms. The van der Waals surface area contributed by atoms with E-state index in [2.05, 4.69) is 9.82 Å². The second-order valence-corrected chi connectivity index (χ2v) is 8.71. The Hall–Kier alpha value is -3.34. The third-order valence-electron chi connectivity index (χ3n) is 5.03. The van der Waals surface area contributed by atoms with E-state index in [1.165, 1.54) is 23.1 Å². The molecule has 0 spiro atoms. The lowest BCUT2D eigenvalue weighted by atomic mass is 10.1. The summed E-state index contributed by atoms with van der Waals surface area (Å²) >= 11 is 0. The van der Waals surface area contributed by atoms with Crippen LogP contribution in [0.25, 0.3) is 5.69 Å². The highest BCUT2D eigenvalue weighted by molar-refractivity contribution is 7.92. The second kappa shape index (κ2) is 7.41. The zero-order valence-electron chi connectivity index (χ0n) is 15.8. The van der Waals surface area contributed by atoms with Crippen molar-refractivity contribution in [3.63, 3.8) is 0 Å². The summed E-state index contributed by atoms with van der Waals surface area (Å²) in [6.45, 7) is 0. The fourth-order valence-corrected chi connectivity index (χ4v) is 5.04. The number of aromatic nitrogens is 2. The molecule has 1 aliphatic rings. The minimum atomic E-state index is -4.69. The molecule has 0 amide bonds. The molecular formula is C20H16F3N3O4S. The summed E-state index contributed by atoms with van der Waals surface area (Å²) in [6.07, 6.45) is -0.209. The number of anilines is 1. The lowest BCUT2D eigenvalue weighted by Crippen LogP contribution is -2.18. The number of halogens is 3. The van der Waals surface area contributed by atoms with Crippen LogP contribution in [-0.4, -0.2) is 29.3 Å². The van der Waals surface area contributed by atoms with Gasteiger partial charge in [-0.25, -0.2) is 17.9 Å². The highest BCUT2D eigenvalue weighted by Gasteiger charge is 2.32. The highest BCUT2D eigenvalue weighted by Crippen LogP contribution is 2.36. The predicted octanol–water partition coefficient (Wildman–Crippen LogP) is 3.88. The molecular weight excluding hydrogens is 435 g/mol. The number of hydrogen-bond acceptors (Lipinski definition) is 4. The van der Waals surface area contributed by atoms with Gasteiger partial charge in [0.05, 0.1) is 27.4 Å². The average Bonchev–Trinajstić information content (AvgIpc) is 3.37. The predicted molar refractivity (Wildman–Crippen MR) is 105 cm³/mol. The monoisotopic (exact) mass is 451 g/mol. The fraction of sp³-hybridized carbons (Fsp3) is 0.200. The van der Waals surface area contributed by atoms with Gasteiger partial charge in [-0.2, -0.15) is 18.3 Å². The van der Waals surface area contributed by atoms with Crippen LogP contribution < -0.4 is 4.72 Å². The van der Waals surface area contributed by atoms with E-state index in [0.29, 0.717) is 36.5 Å². The summed E-state index contributed by atoms with van der Waals surface area (Å²) in [4.78, 5) is 11.2. The summed E-state index contributed by atoms with van der Waals surface area (Å²) < 4.78 is 69.6. The van der Waals surface area contributed by atoms with Gasteiger partial charge in [-0.3, -0.25) is 4.72 Å². The molecule has 0 bridgehead atoms. The van der Waals surface area contributed by atoms with Crippen molar-refractivity contribution in [2.24, 2.45) is 0 Å². The highest BCUT2D eigenvalue weighted by atomic mass is 32.2. The number of nitrogens with zero attached hydrogens (tertiary/aromatic N) is 2. The molecule has 0 saturated heterocycles. The molecule has 3 aromatic rings. The van der Waals surface area contributed by atoms with Crippen molar-refractivity contribution < 1.29 is 31.5 Å². The molecule has 0 atom stereocenters. The normalized spacial score (nSPS) is 13.8. The van der Waals surface area contributed by atoms with E-state index in [4.69, 9.17) is 0 Å². The van der Waals surface area contributed by atoms with Gasteiger partial charge >= 0.3 is 12.1 Å². The van der Waals surface area contributed by atoms with E-state index < -0.39 is 27.7 Å². The Morgan fingerprint density at radius 3 is 2.58 bits per heavy atom. The van der Waals surface area contributed by atoms with E-state index >= 15 is 0 Å². The zero-order chi connectivity index (χ0) is 22.4. The second-order valence-electron chi connectivity index (χ2n) is 7.06. The van der Waals surface area contributed by atoms with E-state index in [0.717, 1.165) is 18.2 Å². The lowest BCUT2D eigenvalue weighted by Gasteiger charge is -2.17. The standard InChI is InChI=1S/C20H16F3N3O4S/c21-20(22,23)14-5-6-17(26-8-2-7-24-26)16(11-14)25-31(29,30)18-10-13(19(27)28)9-12-3-1-4-15(12)18/h2,5-11,25H,1,3-4H2,(H,27,28). The Labute approximate surface area is 175 Å². The number of benzene rings is 2. The molecule has 7 nitrogen and oxygen atoms in total. The number of alkyl halides is 3. The van der Waals surface area contributed by atoms with Gasteiger partial charge in [0.25, 0.3) is 10.0 Å². The number of sulfonamides is 1. The maximum Gasteiger partial charge on any atom is 0.416 e. The number of hydrogen-bond donors (Lipinski definition) is 2. The van der Waals surface area contributed by atoms with Gasteiger partial charge in [0.2, 0.25) is 0 Å². The lowest BCUT2D eigenvalue weighted by molar-refractivity contribution is -0.137. The Kier molecular flexibility index (Phi) is 5.00. The van der Waals surface area contributed by atoms with Crippen molar-refractivity contribution in [3.05, 3.63) is 71.0 Å². The summed E-state index contributed by atoms with van der Waals surface area (Å²) in [7, 11) is -4.39. The first kappa shape index (κ1) is 20.9. The van der Waals surface area contributed by atoms with Gasteiger partial charge in [0.1, 0.15) is 0 Å². The van der Waals surface area contributed by atoms with Gasteiger partial charge in [-0.05, 0) is 66.8 Å². The van der Waals surface area contributed by atoms with Crippen LogP contribution >= 0.6 is 0 Å². The van der Waals surface area contributed by atoms with Crippen LogP contribution in [0.3, 0.4) is 0 Å². The number of carbonyl (C=O) groups is 1. The first-order valence-corrected chi connectivity index (χ1v) is 10.7. The molecule has 1 heterocycles. The molecule has 2 N–H and O–H groups in total. The number of aryl methyl sites for hydroxylation is 1. The van der Waals surface area contributed by atoms with Crippen LogP contribution in [0, 0.1) is 0 Å². The third-order valence-corrected chi connectivity index (χ3v) is 6.46. The van der Waals surface area contributed by atoms with Crippen molar-refractivity contribution in [2.75, 3.05) is 4.72 Å². The SMILES string of the molecule is O=C(O)c1cc2c(c(S(=O)(=O)Nc3cc(C(F)(F)F)ccc3-n3cccn3)c1)CCC2. The molecule has 0 aliphatic heterocycles.